The van der Waals surface area contributed by atoms with Crippen LogP contribution in [0.2, 0.25) is 5.02 Å². The Kier molecular flexibility index (Phi) is 2.47. The van der Waals surface area contributed by atoms with E-state index in [2.05, 4.69) is 27.1 Å². The fourth-order valence-corrected chi connectivity index (χ4v) is 2.72. The number of hydrogen-bond acceptors (Lipinski definition) is 2. The Morgan fingerprint density at radius 1 is 1.05 bits per heavy atom. The highest BCUT2D eigenvalue weighted by Crippen LogP contribution is 2.34. The Hall–Kier alpha value is -2.39. The van der Waals surface area contributed by atoms with Crippen molar-refractivity contribution in [3.63, 3.8) is 0 Å². The summed E-state index contributed by atoms with van der Waals surface area (Å²) in [4.78, 5) is 11.9. The molecule has 0 saturated heterocycles. The van der Waals surface area contributed by atoms with Gasteiger partial charge in [-0.2, -0.15) is 0 Å². The topological polar surface area (TPSA) is 41.6 Å². The molecule has 0 bridgehead atoms. The number of nitrogens with one attached hydrogen (secondary N) is 1. The third kappa shape index (κ3) is 1.67. The number of hydrogen-bond donors (Lipinski definition) is 1. The van der Waals surface area contributed by atoms with Crippen LogP contribution >= 0.6 is 11.6 Å². The van der Waals surface area contributed by atoms with Gasteiger partial charge in [0.05, 0.1) is 5.02 Å². The minimum atomic E-state index is 0.638. The highest BCUT2D eigenvalue weighted by Gasteiger charge is 2.11. The molecule has 1 N–H and O–H groups in total. The second-order valence-electron chi connectivity index (χ2n) is 4.64. The van der Waals surface area contributed by atoms with Crippen molar-refractivity contribution in [2.45, 2.75) is 0 Å². The molecule has 0 aliphatic rings. The normalized spacial score (nSPS) is 11.2. The largest absolute Gasteiger partial charge is 0.339 e. The zero-order chi connectivity index (χ0) is 13.5. The molecular weight excluding hydrogens is 270 g/mol. The van der Waals surface area contributed by atoms with Crippen LogP contribution in [-0.2, 0) is 0 Å². The van der Waals surface area contributed by atoms with Gasteiger partial charge in [-0.15, -0.1) is 0 Å². The van der Waals surface area contributed by atoms with Crippen LogP contribution in [0, 0.1) is 0 Å². The molecule has 3 nitrogen and oxygen atoms in total. The average molecular weight is 280 g/mol. The van der Waals surface area contributed by atoms with Gasteiger partial charge in [0.15, 0.2) is 0 Å². The molecular formula is C16H10ClN3. The number of aromatic amines is 1. The molecule has 3 heterocycles. The maximum atomic E-state index is 6.09. The molecule has 20 heavy (non-hydrogen) atoms. The van der Waals surface area contributed by atoms with Gasteiger partial charge in [0.2, 0.25) is 0 Å². The first-order valence-corrected chi connectivity index (χ1v) is 6.67. The van der Waals surface area contributed by atoms with E-state index < -0.39 is 0 Å². The molecule has 0 aliphatic carbocycles. The Morgan fingerprint density at radius 3 is 2.85 bits per heavy atom. The summed E-state index contributed by atoms with van der Waals surface area (Å²) in [6.07, 6.45) is 5.30. The van der Waals surface area contributed by atoms with Crippen molar-refractivity contribution in [3.05, 3.63) is 60.0 Å². The average Bonchev–Trinajstić information content (AvgIpc) is 2.86. The van der Waals surface area contributed by atoms with Crippen LogP contribution in [0.25, 0.3) is 33.1 Å². The lowest BCUT2D eigenvalue weighted by molar-refractivity contribution is 1.33. The maximum absolute atomic E-state index is 6.09. The standard InChI is InChI=1S/C16H10ClN3/c17-11-7-13-15-12(10-3-2-6-18-8-10)4-1-5-14(15)20-16(13)19-9-11/h1-9H,(H,19,20). The van der Waals surface area contributed by atoms with Crippen LogP contribution < -0.4 is 0 Å². The summed E-state index contributed by atoms with van der Waals surface area (Å²) in [7, 11) is 0. The van der Waals surface area contributed by atoms with Gasteiger partial charge in [0.25, 0.3) is 0 Å². The molecule has 0 radical (unpaired) electrons. The molecule has 0 fully saturated rings. The van der Waals surface area contributed by atoms with Crippen molar-refractivity contribution in [1.29, 1.82) is 0 Å². The fraction of sp³-hybridized carbons (Fsp3) is 0. The monoisotopic (exact) mass is 279 g/mol. The molecule has 0 spiro atoms. The highest BCUT2D eigenvalue weighted by molar-refractivity contribution is 6.31. The third-order valence-electron chi connectivity index (χ3n) is 3.41. The zero-order valence-corrected chi connectivity index (χ0v) is 11.2. The van der Waals surface area contributed by atoms with Gasteiger partial charge >= 0.3 is 0 Å². The first-order valence-electron chi connectivity index (χ1n) is 6.29. The van der Waals surface area contributed by atoms with Crippen LogP contribution in [0.4, 0.5) is 0 Å². The second-order valence-corrected chi connectivity index (χ2v) is 5.08. The van der Waals surface area contributed by atoms with E-state index >= 15 is 0 Å². The molecule has 0 saturated carbocycles. The minimum absolute atomic E-state index is 0.638. The van der Waals surface area contributed by atoms with Gasteiger partial charge in [0, 0.05) is 40.4 Å². The van der Waals surface area contributed by atoms with Crippen LogP contribution in [0.3, 0.4) is 0 Å². The van der Waals surface area contributed by atoms with Crippen LogP contribution in [0.1, 0.15) is 0 Å². The summed E-state index contributed by atoms with van der Waals surface area (Å²) in [6.45, 7) is 0. The highest BCUT2D eigenvalue weighted by atomic mass is 35.5. The number of aromatic nitrogens is 3. The maximum Gasteiger partial charge on any atom is 0.138 e. The first-order chi connectivity index (χ1) is 9.83. The first kappa shape index (κ1) is 11.4. The molecule has 4 aromatic rings. The summed E-state index contributed by atoms with van der Waals surface area (Å²) in [5.74, 6) is 0. The van der Waals surface area contributed by atoms with Gasteiger partial charge in [-0.3, -0.25) is 4.98 Å². The molecule has 4 heteroatoms. The summed E-state index contributed by atoms with van der Waals surface area (Å²) in [5.41, 5.74) is 4.11. The van der Waals surface area contributed by atoms with E-state index in [1.165, 1.54) is 0 Å². The number of H-pyrrole nitrogens is 1. The quantitative estimate of drug-likeness (QED) is 0.560. The number of rotatable bonds is 1. The molecule has 4 rings (SSSR count). The zero-order valence-electron chi connectivity index (χ0n) is 10.5. The van der Waals surface area contributed by atoms with Crippen molar-refractivity contribution < 1.29 is 0 Å². The van der Waals surface area contributed by atoms with Gasteiger partial charge in [-0.05, 0) is 23.8 Å². The number of halogens is 1. The predicted octanol–water partition coefficient (Wildman–Crippen LogP) is 4.43. The van der Waals surface area contributed by atoms with E-state index in [9.17, 15) is 0 Å². The Balaban J connectivity index is 2.16. The number of pyridine rings is 2. The molecule has 0 amide bonds. The molecule has 96 valence electrons. The summed E-state index contributed by atoms with van der Waals surface area (Å²) >= 11 is 6.09. The number of fused-ring (bicyclic) bond motifs is 3. The van der Waals surface area contributed by atoms with Gasteiger partial charge in [-0.1, -0.05) is 29.8 Å². The summed E-state index contributed by atoms with van der Waals surface area (Å²) in [5, 5.41) is 2.80. The molecule has 0 unspecified atom stereocenters. The SMILES string of the molecule is Clc1cnc2[nH]c3cccc(-c4cccnc4)c3c2c1. The Labute approximate surface area is 120 Å². The Morgan fingerprint density at radius 2 is 2.00 bits per heavy atom. The van der Waals surface area contributed by atoms with Crippen molar-refractivity contribution >= 4 is 33.5 Å². The van der Waals surface area contributed by atoms with E-state index in [0.717, 1.165) is 33.1 Å². The van der Waals surface area contributed by atoms with Crippen molar-refractivity contribution in [2.24, 2.45) is 0 Å². The van der Waals surface area contributed by atoms with Gasteiger partial charge < -0.3 is 4.98 Å². The lowest BCUT2D eigenvalue weighted by Crippen LogP contribution is -1.81. The lowest BCUT2D eigenvalue weighted by atomic mass is 10.0. The molecule has 1 aromatic carbocycles. The predicted molar refractivity (Wildman–Crippen MR) is 81.8 cm³/mol. The van der Waals surface area contributed by atoms with Gasteiger partial charge in [-0.25, -0.2) is 4.98 Å². The summed E-state index contributed by atoms with van der Waals surface area (Å²) in [6, 6.07) is 12.1. The number of benzene rings is 1. The van der Waals surface area contributed by atoms with Crippen molar-refractivity contribution in [2.75, 3.05) is 0 Å². The van der Waals surface area contributed by atoms with Crippen LogP contribution in [0.5, 0.6) is 0 Å². The molecule has 0 atom stereocenters. The van der Waals surface area contributed by atoms with Crippen molar-refractivity contribution in [3.8, 4) is 11.1 Å². The van der Waals surface area contributed by atoms with Crippen LogP contribution in [-0.4, -0.2) is 15.0 Å². The fourth-order valence-electron chi connectivity index (χ4n) is 2.57. The van der Waals surface area contributed by atoms with Crippen molar-refractivity contribution in [1.82, 2.24) is 15.0 Å². The van der Waals surface area contributed by atoms with E-state index in [4.69, 9.17) is 11.6 Å². The van der Waals surface area contributed by atoms with E-state index in [0.29, 0.717) is 5.02 Å². The molecule has 3 aromatic heterocycles. The molecule has 0 aliphatic heterocycles. The lowest BCUT2D eigenvalue weighted by Gasteiger charge is -2.03. The Bertz CT molecular complexity index is 913. The second kappa shape index (κ2) is 4.32. The summed E-state index contributed by atoms with van der Waals surface area (Å²) < 4.78 is 0. The van der Waals surface area contributed by atoms with E-state index in [1.807, 2.05) is 30.5 Å². The number of nitrogens with zero attached hydrogens (tertiary/aromatic N) is 2. The smallest absolute Gasteiger partial charge is 0.138 e. The third-order valence-corrected chi connectivity index (χ3v) is 3.62. The van der Waals surface area contributed by atoms with Crippen LogP contribution in [0.15, 0.2) is 55.0 Å². The van der Waals surface area contributed by atoms with Gasteiger partial charge in [0.1, 0.15) is 5.65 Å². The minimum Gasteiger partial charge on any atom is -0.339 e. The van der Waals surface area contributed by atoms with E-state index in [1.54, 1.807) is 12.4 Å². The van der Waals surface area contributed by atoms with E-state index in [-0.39, 0.29) is 0 Å².